The Labute approximate surface area is 126 Å². The maximum Gasteiger partial charge on any atom is 0.332 e. The molecule has 3 N–H and O–H groups in total. The largest absolute Gasteiger partial charge is 0.496 e. The van der Waals surface area contributed by atoms with Gasteiger partial charge in [-0.3, -0.25) is 4.90 Å². The number of benzene rings is 1. The monoisotopic (exact) mass is 292 g/mol. The van der Waals surface area contributed by atoms with Crippen molar-refractivity contribution in [2.75, 3.05) is 20.2 Å². The number of urea groups is 1. The van der Waals surface area contributed by atoms with E-state index in [0.717, 1.165) is 36.5 Å². The van der Waals surface area contributed by atoms with Gasteiger partial charge in [0.1, 0.15) is 5.75 Å². The van der Waals surface area contributed by atoms with Crippen molar-refractivity contribution in [1.82, 2.24) is 10.3 Å². The highest BCUT2D eigenvalue weighted by Gasteiger charge is 2.09. The molecular formula is C15H24N4O2. The molecule has 116 valence electrons. The summed E-state index contributed by atoms with van der Waals surface area (Å²) in [5.74, 6) is 0.848. The Kier molecular flexibility index (Phi) is 6.68. The molecule has 1 rings (SSSR count). The van der Waals surface area contributed by atoms with E-state index in [1.165, 1.54) is 0 Å². The fraction of sp³-hybridized carbons (Fsp3) is 0.467. The third-order valence-corrected chi connectivity index (χ3v) is 3.32. The standard InChI is InChI=1S/C15H24N4O2/c1-5-19(6-2)10-13-9-12(7-8-14(13)21-4)11(3)17-18-15(16)20/h7-9H,5-6,10H2,1-4H3,(H3,16,18,20)/b17-11-. The molecule has 0 bridgehead atoms. The third kappa shape index (κ3) is 5.07. The van der Waals surface area contributed by atoms with Crippen molar-refractivity contribution in [3.8, 4) is 5.75 Å². The molecule has 0 aliphatic rings. The molecule has 0 aliphatic heterocycles. The van der Waals surface area contributed by atoms with Gasteiger partial charge in [0.05, 0.1) is 12.8 Å². The molecular weight excluding hydrogens is 268 g/mol. The maximum absolute atomic E-state index is 10.7. The Morgan fingerprint density at radius 2 is 2.05 bits per heavy atom. The number of nitrogens with two attached hydrogens (primary N) is 1. The van der Waals surface area contributed by atoms with Crippen LogP contribution in [0.1, 0.15) is 31.9 Å². The number of amides is 2. The first-order valence-corrected chi connectivity index (χ1v) is 7.01. The predicted octanol–water partition coefficient (Wildman–Crippen LogP) is 1.93. The quantitative estimate of drug-likeness (QED) is 0.595. The summed E-state index contributed by atoms with van der Waals surface area (Å²) in [6, 6.07) is 5.17. The second-order valence-corrected chi connectivity index (χ2v) is 4.66. The molecule has 0 atom stereocenters. The van der Waals surface area contributed by atoms with Crippen molar-refractivity contribution in [3.63, 3.8) is 0 Å². The van der Waals surface area contributed by atoms with Crippen LogP contribution in [-0.2, 0) is 6.54 Å². The molecule has 1 aromatic rings. The fourth-order valence-corrected chi connectivity index (χ4v) is 2.02. The molecule has 0 spiro atoms. The zero-order valence-electron chi connectivity index (χ0n) is 13.1. The SMILES string of the molecule is CCN(CC)Cc1cc(/C(C)=N\NC(N)=O)ccc1OC. The van der Waals surface area contributed by atoms with Crippen molar-refractivity contribution in [1.29, 1.82) is 0 Å². The zero-order valence-corrected chi connectivity index (χ0v) is 13.1. The van der Waals surface area contributed by atoms with Gasteiger partial charge >= 0.3 is 6.03 Å². The predicted molar refractivity (Wildman–Crippen MR) is 84.5 cm³/mol. The van der Waals surface area contributed by atoms with Crippen molar-refractivity contribution in [3.05, 3.63) is 29.3 Å². The lowest BCUT2D eigenvalue weighted by Gasteiger charge is -2.20. The van der Waals surface area contributed by atoms with Crippen LogP contribution in [0.25, 0.3) is 0 Å². The summed E-state index contributed by atoms with van der Waals surface area (Å²) >= 11 is 0. The number of rotatable bonds is 7. The van der Waals surface area contributed by atoms with Gasteiger partial charge in [0.25, 0.3) is 0 Å². The van der Waals surface area contributed by atoms with Crippen LogP contribution >= 0.6 is 0 Å². The zero-order chi connectivity index (χ0) is 15.8. The lowest BCUT2D eigenvalue weighted by atomic mass is 10.1. The molecule has 0 radical (unpaired) electrons. The van der Waals surface area contributed by atoms with Crippen LogP contribution in [-0.4, -0.2) is 36.8 Å². The van der Waals surface area contributed by atoms with Crippen LogP contribution in [0.4, 0.5) is 4.79 Å². The summed E-state index contributed by atoms with van der Waals surface area (Å²) in [6.07, 6.45) is 0. The number of ether oxygens (including phenoxy) is 1. The van der Waals surface area contributed by atoms with Crippen LogP contribution in [0.15, 0.2) is 23.3 Å². The highest BCUT2D eigenvalue weighted by molar-refractivity contribution is 5.99. The summed E-state index contributed by atoms with van der Waals surface area (Å²) in [6.45, 7) is 8.83. The average molecular weight is 292 g/mol. The second kappa shape index (κ2) is 8.26. The van der Waals surface area contributed by atoms with Gasteiger partial charge in [-0.1, -0.05) is 13.8 Å². The fourth-order valence-electron chi connectivity index (χ4n) is 2.02. The molecule has 0 unspecified atom stereocenters. The van der Waals surface area contributed by atoms with Gasteiger partial charge in [-0.2, -0.15) is 5.10 Å². The summed E-state index contributed by atoms with van der Waals surface area (Å²) < 4.78 is 5.41. The Hall–Kier alpha value is -2.08. The molecule has 0 aromatic heterocycles. The first-order chi connectivity index (χ1) is 10.0. The Bertz CT molecular complexity index is 510. The first-order valence-electron chi connectivity index (χ1n) is 7.01. The number of hydrazone groups is 1. The molecule has 21 heavy (non-hydrogen) atoms. The minimum atomic E-state index is -0.675. The topological polar surface area (TPSA) is 80.0 Å². The normalized spacial score (nSPS) is 11.6. The van der Waals surface area contributed by atoms with Crippen molar-refractivity contribution < 1.29 is 9.53 Å². The van der Waals surface area contributed by atoms with Crippen LogP contribution in [0.2, 0.25) is 0 Å². The molecule has 0 fully saturated rings. The Morgan fingerprint density at radius 3 is 2.57 bits per heavy atom. The second-order valence-electron chi connectivity index (χ2n) is 4.66. The molecule has 0 heterocycles. The van der Waals surface area contributed by atoms with E-state index in [2.05, 4.69) is 29.3 Å². The molecule has 1 aromatic carbocycles. The van der Waals surface area contributed by atoms with Crippen LogP contribution < -0.4 is 15.9 Å². The van der Waals surface area contributed by atoms with Crippen molar-refractivity contribution in [2.24, 2.45) is 10.8 Å². The number of nitrogens with zero attached hydrogens (tertiary/aromatic N) is 2. The number of primary amides is 1. The average Bonchev–Trinajstić information content (AvgIpc) is 2.49. The van der Waals surface area contributed by atoms with Gasteiger partial charge in [0, 0.05) is 12.1 Å². The number of carbonyl (C=O) groups excluding carboxylic acids is 1. The molecule has 0 aliphatic carbocycles. The minimum absolute atomic E-state index is 0.675. The van der Waals surface area contributed by atoms with E-state index >= 15 is 0 Å². The van der Waals surface area contributed by atoms with Gasteiger partial charge in [-0.25, -0.2) is 10.2 Å². The highest BCUT2D eigenvalue weighted by Crippen LogP contribution is 2.22. The third-order valence-electron chi connectivity index (χ3n) is 3.32. The smallest absolute Gasteiger partial charge is 0.332 e. The van der Waals surface area contributed by atoms with E-state index in [0.29, 0.717) is 5.71 Å². The maximum atomic E-state index is 10.7. The van der Waals surface area contributed by atoms with Crippen molar-refractivity contribution in [2.45, 2.75) is 27.3 Å². The number of methoxy groups -OCH3 is 1. The molecule has 6 heteroatoms. The summed E-state index contributed by atoms with van der Waals surface area (Å²) in [7, 11) is 1.66. The lowest BCUT2D eigenvalue weighted by Crippen LogP contribution is -2.25. The number of hydrogen-bond donors (Lipinski definition) is 2. The number of hydrogen-bond acceptors (Lipinski definition) is 4. The number of carbonyl (C=O) groups is 1. The lowest BCUT2D eigenvalue weighted by molar-refractivity contribution is 0.249. The van der Waals surface area contributed by atoms with Crippen molar-refractivity contribution >= 4 is 11.7 Å². The summed E-state index contributed by atoms with van der Waals surface area (Å²) in [5.41, 5.74) is 9.96. The highest BCUT2D eigenvalue weighted by atomic mass is 16.5. The molecule has 6 nitrogen and oxygen atoms in total. The molecule has 0 saturated heterocycles. The van der Waals surface area contributed by atoms with Gasteiger partial charge in [-0.15, -0.1) is 0 Å². The van der Waals surface area contributed by atoms with E-state index in [1.807, 2.05) is 25.1 Å². The van der Waals surface area contributed by atoms with Crippen LogP contribution in [0, 0.1) is 0 Å². The first kappa shape index (κ1) is 17.0. The summed E-state index contributed by atoms with van der Waals surface area (Å²) in [5, 5.41) is 3.95. The van der Waals surface area contributed by atoms with E-state index < -0.39 is 6.03 Å². The molecule has 2 amide bonds. The number of nitrogens with one attached hydrogen (secondary N) is 1. The van der Waals surface area contributed by atoms with Gasteiger partial charge in [-0.05, 0) is 43.8 Å². The van der Waals surface area contributed by atoms with Crippen LogP contribution in [0.3, 0.4) is 0 Å². The Balaban J connectivity index is 3.03. The van der Waals surface area contributed by atoms with Gasteiger partial charge in [0.2, 0.25) is 0 Å². The Morgan fingerprint density at radius 1 is 1.38 bits per heavy atom. The summed E-state index contributed by atoms with van der Waals surface area (Å²) in [4.78, 5) is 13.0. The van der Waals surface area contributed by atoms with E-state index in [9.17, 15) is 4.79 Å². The van der Waals surface area contributed by atoms with E-state index in [4.69, 9.17) is 10.5 Å². The molecule has 0 saturated carbocycles. The minimum Gasteiger partial charge on any atom is -0.496 e. The van der Waals surface area contributed by atoms with Gasteiger partial charge < -0.3 is 10.5 Å². The van der Waals surface area contributed by atoms with E-state index in [-0.39, 0.29) is 0 Å². The van der Waals surface area contributed by atoms with Crippen LogP contribution in [0.5, 0.6) is 5.75 Å². The van der Waals surface area contributed by atoms with E-state index in [1.54, 1.807) is 7.11 Å². The van der Waals surface area contributed by atoms with Gasteiger partial charge in [0.15, 0.2) is 0 Å².